The highest BCUT2D eigenvalue weighted by atomic mass is 35.5. The molecule has 0 atom stereocenters. The van der Waals surface area contributed by atoms with Gasteiger partial charge in [0.05, 0.1) is 17.0 Å². The molecule has 1 N–H and O–H groups in total. The number of piperidine rings is 1. The highest BCUT2D eigenvalue weighted by molar-refractivity contribution is 7.89. The molecule has 0 saturated carbocycles. The molecule has 1 amide bonds. The van der Waals surface area contributed by atoms with Crippen LogP contribution in [-0.4, -0.2) is 41.3 Å². The zero-order valence-corrected chi connectivity index (χ0v) is 16.1. The van der Waals surface area contributed by atoms with Crippen molar-refractivity contribution in [1.82, 2.24) is 13.9 Å². The fourth-order valence-corrected chi connectivity index (χ4v) is 4.61. The number of rotatable bonds is 5. The van der Waals surface area contributed by atoms with Crippen molar-refractivity contribution in [1.29, 1.82) is 0 Å². The molecule has 7 nitrogen and oxygen atoms in total. The first-order chi connectivity index (χ1) is 12.4. The number of nitrogens with zero attached hydrogens (tertiary/aromatic N) is 3. The van der Waals surface area contributed by atoms with Crippen LogP contribution in [0.2, 0.25) is 5.02 Å². The highest BCUT2D eigenvalue weighted by Crippen LogP contribution is 2.23. The van der Waals surface area contributed by atoms with Gasteiger partial charge in [0.2, 0.25) is 5.91 Å². The molecule has 1 saturated heterocycles. The molecule has 0 spiro atoms. The van der Waals surface area contributed by atoms with E-state index >= 15 is 0 Å². The summed E-state index contributed by atoms with van der Waals surface area (Å²) in [4.78, 5) is 16.2. The second kappa shape index (κ2) is 7.77. The zero-order chi connectivity index (χ0) is 18.7. The van der Waals surface area contributed by atoms with Crippen molar-refractivity contribution in [3.63, 3.8) is 0 Å². The van der Waals surface area contributed by atoms with Crippen molar-refractivity contribution in [2.24, 2.45) is 0 Å². The first-order valence-electron chi connectivity index (χ1n) is 8.44. The fraction of sp³-hybridized carbons (Fsp3) is 0.412. The molecule has 0 aliphatic carbocycles. The van der Waals surface area contributed by atoms with Gasteiger partial charge in [-0.3, -0.25) is 4.79 Å². The van der Waals surface area contributed by atoms with E-state index in [2.05, 4.69) is 10.3 Å². The molecule has 9 heteroatoms. The number of benzene rings is 1. The van der Waals surface area contributed by atoms with Gasteiger partial charge in [0.1, 0.15) is 6.54 Å². The molecular formula is C17H21ClN4O3S. The molecule has 0 bridgehead atoms. The van der Waals surface area contributed by atoms with Gasteiger partial charge < -0.3 is 9.88 Å². The van der Waals surface area contributed by atoms with Crippen LogP contribution < -0.4 is 5.32 Å². The van der Waals surface area contributed by atoms with Crippen LogP contribution >= 0.6 is 11.6 Å². The third-order valence-electron chi connectivity index (χ3n) is 4.25. The molecule has 2 heterocycles. The zero-order valence-electron chi connectivity index (χ0n) is 14.5. The standard InChI is InChI=1S/C17H21ClN4O3S/c1-13-5-6-15(14(18)9-13)20-16(23)10-21-11-17(19-12-21)26(24,25)22-7-3-2-4-8-22/h5-6,9,11-12H,2-4,7-8,10H2,1H3,(H,20,23). The molecule has 1 fully saturated rings. The quantitative estimate of drug-likeness (QED) is 0.842. The second-order valence-electron chi connectivity index (χ2n) is 6.38. The summed E-state index contributed by atoms with van der Waals surface area (Å²) in [5.41, 5.74) is 1.51. The van der Waals surface area contributed by atoms with E-state index in [1.54, 1.807) is 12.1 Å². The van der Waals surface area contributed by atoms with Gasteiger partial charge in [-0.25, -0.2) is 13.4 Å². The van der Waals surface area contributed by atoms with Gasteiger partial charge in [-0.2, -0.15) is 4.31 Å². The van der Waals surface area contributed by atoms with Crippen molar-refractivity contribution in [3.8, 4) is 0 Å². The Morgan fingerprint density at radius 1 is 1.27 bits per heavy atom. The summed E-state index contributed by atoms with van der Waals surface area (Å²) in [6, 6.07) is 5.34. The molecule has 26 heavy (non-hydrogen) atoms. The molecule has 0 unspecified atom stereocenters. The number of aryl methyl sites for hydroxylation is 1. The predicted octanol–water partition coefficient (Wildman–Crippen LogP) is 2.66. The Bertz CT molecular complexity index is 904. The lowest BCUT2D eigenvalue weighted by atomic mass is 10.2. The molecule has 1 aromatic heterocycles. The number of aromatic nitrogens is 2. The number of anilines is 1. The molecule has 1 aromatic carbocycles. The molecule has 1 aliphatic rings. The SMILES string of the molecule is Cc1ccc(NC(=O)Cn2cnc(S(=O)(=O)N3CCCCC3)c2)c(Cl)c1. The molecule has 140 valence electrons. The maximum atomic E-state index is 12.6. The lowest BCUT2D eigenvalue weighted by Gasteiger charge is -2.24. The van der Waals surface area contributed by atoms with Crippen molar-refractivity contribution < 1.29 is 13.2 Å². The fourth-order valence-electron chi connectivity index (χ4n) is 2.87. The van der Waals surface area contributed by atoms with E-state index in [9.17, 15) is 13.2 Å². The summed E-state index contributed by atoms with van der Waals surface area (Å²) < 4.78 is 28.1. The number of imidazole rings is 1. The van der Waals surface area contributed by atoms with Gasteiger partial charge in [-0.05, 0) is 37.5 Å². The number of carbonyl (C=O) groups is 1. The van der Waals surface area contributed by atoms with E-state index in [0.29, 0.717) is 23.8 Å². The number of carbonyl (C=O) groups excluding carboxylic acids is 1. The maximum absolute atomic E-state index is 12.6. The summed E-state index contributed by atoms with van der Waals surface area (Å²) in [5.74, 6) is -0.310. The topological polar surface area (TPSA) is 84.3 Å². The van der Waals surface area contributed by atoms with Crippen LogP contribution in [0.1, 0.15) is 24.8 Å². The molecule has 1 aliphatic heterocycles. The number of amides is 1. The van der Waals surface area contributed by atoms with Crippen LogP contribution in [0.15, 0.2) is 35.7 Å². The van der Waals surface area contributed by atoms with Gasteiger partial charge in [0, 0.05) is 19.3 Å². The van der Waals surface area contributed by atoms with Crippen LogP contribution in [0.4, 0.5) is 5.69 Å². The predicted molar refractivity (Wildman–Crippen MR) is 99.7 cm³/mol. The van der Waals surface area contributed by atoms with E-state index in [0.717, 1.165) is 24.8 Å². The lowest BCUT2D eigenvalue weighted by molar-refractivity contribution is -0.116. The molecule has 0 radical (unpaired) electrons. The summed E-state index contributed by atoms with van der Waals surface area (Å²) in [6.45, 7) is 2.89. The van der Waals surface area contributed by atoms with Gasteiger partial charge in [0.15, 0.2) is 5.03 Å². The second-order valence-corrected chi connectivity index (χ2v) is 8.67. The van der Waals surface area contributed by atoms with Crippen molar-refractivity contribution in [2.45, 2.75) is 37.8 Å². The molecular weight excluding hydrogens is 376 g/mol. The van der Waals surface area contributed by atoms with Gasteiger partial charge in [0.25, 0.3) is 10.0 Å². The summed E-state index contributed by atoms with van der Waals surface area (Å²) in [6.07, 6.45) is 5.51. The van der Waals surface area contributed by atoms with Crippen LogP contribution in [0.3, 0.4) is 0 Å². The normalized spacial score (nSPS) is 15.8. The monoisotopic (exact) mass is 396 g/mol. The largest absolute Gasteiger partial charge is 0.327 e. The minimum Gasteiger partial charge on any atom is -0.327 e. The highest BCUT2D eigenvalue weighted by Gasteiger charge is 2.28. The number of hydrogen-bond acceptors (Lipinski definition) is 4. The van der Waals surface area contributed by atoms with E-state index in [4.69, 9.17) is 11.6 Å². The summed E-state index contributed by atoms with van der Waals surface area (Å²) in [5, 5.41) is 3.15. The number of hydrogen-bond donors (Lipinski definition) is 1. The van der Waals surface area contributed by atoms with E-state index in [1.165, 1.54) is 21.4 Å². The van der Waals surface area contributed by atoms with Crippen LogP contribution in [0, 0.1) is 6.92 Å². The van der Waals surface area contributed by atoms with E-state index in [-0.39, 0.29) is 17.5 Å². The first-order valence-corrected chi connectivity index (χ1v) is 10.3. The van der Waals surface area contributed by atoms with Crippen molar-refractivity contribution >= 4 is 33.2 Å². The first kappa shape index (κ1) is 18.9. The van der Waals surface area contributed by atoms with E-state index in [1.807, 2.05) is 13.0 Å². The Morgan fingerprint density at radius 2 is 2.00 bits per heavy atom. The molecule has 2 aromatic rings. The third-order valence-corrected chi connectivity index (χ3v) is 6.35. The van der Waals surface area contributed by atoms with E-state index < -0.39 is 10.0 Å². The average Bonchev–Trinajstić information content (AvgIpc) is 3.07. The Hall–Kier alpha value is -1.90. The minimum absolute atomic E-state index is 0.0273. The van der Waals surface area contributed by atoms with Gasteiger partial charge in [-0.15, -0.1) is 0 Å². The smallest absolute Gasteiger partial charge is 0.262 e. The van der Waals surface area contributed by atoms with Crippen LogP contribution in [0.5, 0.6) is 0 Å². The van der Waals surface area contributed by atoms with Gasteiger partial charge in [-0.1, -0.05) is 24.1 Å². The Labute approximate surface area is 158 Å². The average molecular weight is 397 g/mol. The number of nitrogens with one attached hydrogen (secondary N) is 1. The number of sulfonamides is 1. The minimum atomic E-state index is -3.60. The summed E-state index contributed by atoms with van der Waals surface area (Å²) in [7, 11) is -3.60. The molecule has 3 rings (SSSR count). The Morgan fingerprint density at radius 3 is 2.69 bits per heavy atom. The lowest BCUT2D eigenvalue weighted by Crippen LogP contribution is -2.35. The Kier molecular flexibility index (Phi) is 5.64. The van der Waals surface area contributed by atoms with Crippen LogP contribution in [-0.2, 0) is 21.4 Å². The number of halogens is 1. The van der Waals surface area contributed by atoms with Gasteiger partial charge >= 0.3 is 0 Å². The van der Waals surface area contributed by atoms with Crippen molar-refractivity contribution in [3.05, 3.63) is 41.3 Å². The maximum Gasteiger partial charge on any atom is 0.262 e. The Balaban J connectivity index is 1.67. The summed E-state index contributed by atoms with van der Waals surface area (Å²) >= 11 is 6.11. The third kappa shape index (κ3) is 4.25. The van der Waals surface area contributed by atoms with Crippen LogP contribution in [0.25, 0.3) is 0 Å². The van der Waals surface area contributed by atoms with Crippen molar-refractivity contribution in [2.75, 3.05) is 18.4 Å².